The van der Waals surface area contributed by atoms with E-state index in [1.165, 1.54) is 0 Å². The topological polar surface area (TPSA) is 46.4 Å². The molecule has 1 aliphatic rings. The van der Waals surface area contributed by atoms with E-state index in [1.807, 2.05) is 12.1 Å². The van der Waals surface area contributed by atoms with Gasteiger partial charge in [0.15, 0.2) is 0 Å². The molecule has 1 heterocycles. The van der Waals surface area contributed by atoms with Crippen LogP contribution in [0.4, 0.5) is 11.4 Å². The third kappa shape index (κ3) is 3.23. The summed E-state index contributed by atoms with van der Waals surface area (Å²) in [6.45, 7) is 6.28. The molecular formula is C15H21ClN2O2. The maximum Gasteiger partial charge on any atom is 0.292 e. The van der Waals surface area contributed by atoms with Gasteiger partial charge in [-0.2, -0.15) is 0 Å². The van der Waals surface area contributed by atoms with Gasteiger partial charge in [-0.25, -0.2) is 0 Å². The van der Waals surface area contributed by atoms with Crippen molar-refractivity contribution in [3.05, 3.63) is 33.9 Å². The van der Waals surface area contributed by atoms with Gasteiger partial charge in [-0.3, -0.25) is 10.1 Å². The maximum absolute atomic E-state index is 11.2. The number of rotatable bonds is 4. The van der Waals surface area contributed by atoms with E-state index in [2.05, 4.69) is 18.7 Å². The molecule has 0 bridgehead atoms. The van der Waals surface area contributed by atoms with Gasteiger partial charge < -0.3 is 4.90 Å². The van der Waals surface area contributed by atoms with Crippen molar-refractivity contribution >= 4 is 23.0 Å². The Labute approximate surface area is 124 Å². The van der Waals surface area contributed by atoms with Crippen molar-refractivity contribution in [3.8, 4) is 0 Å². The number of nitro groups is 1. The summed E-state index contributed by atoms with van der Waals surface area (Å²) in [6, 6.07) is 5.31. The summed E-state index contributed by atoms with van der Waals surface area (Å²) in [5, 5.41) is 11.2. The summed E-state index contributed by atoms with van der Waals surface area (Å²) < 4.78 is 0. The molecule has 110 valence electrons. The van der Waals surface area contributed by atoms with Crippen LogP contribution in [0.15, 0.2) is 18.2 Å². The number of hydrogen-bond donors (Lipinski definition) is 0. The number of anilines is 1. The molecular weight excluding hydrogens is 276 g/mol. The molecule has 1 aromatic carbocycles. The van der Waals surface area contributed by atoms with Crippen molar-refractivity contribution in [1.29, 1.82) is 0 Å². The average molecular weight is 297 g/mol. The fraction of sp³-hybridized carbons (Fsp3) is 0.600. The molecule has 0 aliphatic carbocycles. The SMILES string of the molecule is CC(C)C1CCN(c2ccc(CCl)cc2[N+](=O)[O-])CC1. The molecule has 0 saturated carbocycles. The second kappa shape index (κ2) is 6.44. The molecule has 0 spiro atoms. The highest BCUT2D eigenvalue weighted by molar-refractivity contribution is 6.17. The summed E-state index contributed by atoms with van der Waals surface area (Å²) in [6.07, 6.45) is 2.21. The second-order valence-electron chi connectivity index (χ2n) is 5.78. The van der Waals surface area contributed by atoms with Gasteiger partial charge in [-0.1, -0.05) is 19.9 Å². The van der Waals surface area contributed by atoms with E-state index in [0.717, 1.165) is 43.1 Å². The van der Waals surface area contributed by atoms with E-state index in [-0.39, 0.29) is 10.6 Å². The minimum atomic E-state index is -0.306. The van der Waals surface area contributed by atoms with Crippen LogP contribution in [0.25, 0.3) is 0 Å². The van der Waals surface area contributed by atoms with Gasteiger partial charge in [0.25, 0.3) is 5.69 Å². The Balaban J connectivity index is 2.19. The third-order valence-electron chi connectivity index (χ3n) is 4.21. The first-order chi connectivity index (χ1) is 9.52. The van der Waals surface area contributed by atoms with Crippen LogP contribution in [0.2, 0.25) is 0 Å². The Morgan fingerprint density at radius 3 is 2.55 bits per heavy atom. The third-order valence-corrected chi connectivity index (χ3v) is 4.52. The van der Waals surface area contributed by atoms with Crippen LogP contribution < -0.4 is 4.90 Å². The summed E-state index contributed by atoms with van der Waals surface area (Å²) in [5.74, 6) is 1.72. The van der Waals surface area contributed by atoms with Crippen LogP contribution in [0, 0.1) is 22.0 Å². The zero-order valence-corrected chi connectivity index (χ0v) is 12.8. The molecule has 0 radical (unpaired) electrons. The summed E-state index contributed by atoms with van der Waals surface area (Å²) in [4.78, 5) is 13.1. The second-order valence-corrected chi connectivity index (χ2v) is 6.05. The van der Waals surface area contributed by atoms with Gasteiger partial charge in [0.1, 0.15) is 5.69 Å². The zero-order chi connectivity index (χ0) is 14.7. The first-order valence-corrected chi connectivity index (χ1v) is 7.64. The lowest BCUT2D eigenvalue weighted by atomic mass is 9.86. The molecule has 0 N–H and O–H groups in total. The van der Waals surface area contributed by atoms with E-state index in [0.29, 0.717) is 11.8 Å². The van der Waals surface area contributed by atoms with Gasteiger partial charge in [-0.05, 0) is 36.3 Å². The van der Waals surface area contributed by atoms with E-state index >= 15 is 0 Å². The van der Waals surface area contributed by atoms with Crippen molar-refractivity contribution < 1.29 is 4.92 Å². The number of alkyl halides is 1. The maximum atomic E-state index is 11.2. The molecule has 5 heteroatoms. The van der Waals surface area contributed by atoms with Crippen LogP contribution in [0.1, 0.15) is 32.3 Å². The fourth-order valence-corrected chi connectivity index (χ4v) is 3.04. The standard InChI is InChI=1S/C15H21ClN2O2/c1-11(2)13-5-7-17(8-6-13)14-4-3-12(10-16)9-15(14)18(19)20/h3-4,9,11,13H,5-8,10H2,1-2H3. The van der Waals surface area contributed by atoms with Gasteiger partial charge >= 0.3 is 0 Å². The Bertz CT molecular complexity index is 483. The van der Waals surface area contributed by atoms with Crippen molar-refractivity contribution in [1.82, 2.24) is 0 Å². The number of hydrogen-bond acceptors (Lipinski definition) is 3. The molecule has 1 fully saturated rings. The minimum Gasteiger partial charge on any atom is -0.366 e. The number of piperidine rings is 1. The van der Waals surface area contributed by atoms with E-state index in [1.54, 1.807) is 6.07 Å². The Hall–Kier alpha value is -1.29. The molecule has 1 aliphatic heterocycles. The quantitative estimate of drug-likeness (QED) is 0.475. The summed E-state index contributed by atoms with van der Waals surface area (Å²) in [7, 11) is 0. The summed E-state index contributed by atoms with van der Waals surface area (Å²) in [5.41, 5.74) is 1.69. The number of nitro benzene ring substituents is 1. The Kier molecular flexibility index (Phi) is 4.86. The molecule has 0 unspecified atom stereocenters. The average Bonchev–Trinajstić information content (AvgIpc) is 2.46. The van der Waals surface area contributed by atoms with Crippen LogP contribution >= 0.6 is 11.6 Å². The van der Waals surface area contributed by atoms with Gasteiger partial charge in [0.05, 0.1) is 4.92 Å². The Morgan fingerprint density at radius 2 is 2.05 bits per heavy atom. The normalized spacial score (nSPS) is 16.7. The molecule has 4 nitrogen and oxygen atoms in total. The lowest BCUT2D eigenvalue weighted by Crippen LogP contribution is -2.35. The van der Waals surface area contributed by atoms with Crippen molar-refractivity contribution in [2.24, 2.45) is 11.8 Å². The molecule has 0 aromatic heterocycles. The number of halogens is 1. The smallest absolute Gasteiger partial charge is 0.292 e. The molecule has 20 heavy (non-hydrogen) atoms. The van der Waals surface area contributed by atoms with Crippen molar-refractivity contribution in [2.75, 3.05) is 18.0 Å². The molecule has 2 rings (SSSR count). The highest BCUT2D eigenvalue weighted by atomic mass is 35.5. The monoisotopic (exact) mass is 296 g/mol. The van der Waals surface area contributed by atoms with Gasteiger partial charge in [0, 0.05) is 25.0 Å². The largest absolute Gasteiger partial charge is 0.366 e. The zero-order valence-electron chi connectivity index (χ0n) is 12.0. The summed E-state index contributed by atoms with van der Waals surface area (Å²) >= 11 is 5.76. The lowest BCUT2D eigenvalue weighted by Gasteiger charge is -2.35. The van der Waals surface area contributed by atoms with Crippen molar-refractivity contribution in [2.45, 2.75) is 32.6 Å². The molecule has 0 amide bonds. The van der Waals surface area contributed by atoms with E-state index in [4.69, 9.17) is 11.6 Å². The number of nitrogens with zero attached hydrogens (tertiary/aromatic N) is 2. The first-order valence-electron chi connectivity index (χ1n) is 7.11. The molecule has 1 saturated heterocycles. The fourth-order valence-electron chi connectivity index (χ4n) is 2.87. The highest BCUT2D eigenvalue weighted by Crippen LogP contribution is 2.34. The number of benzene rings is 1. The highest BCUT2D eigenvalue weighted by Gasteiger charge is 2.26. The predicted molar refractivity (Wildman–Crippen MR) is 82.4 cm³/mol. The van der Waals surface area contributed by atoms with Crippen LogP contribution in [-0.2, 0) is 5.88 Å². The van der Waals surface area contributed by atoms with Crippen LogP contribution in [0.5, 0.6) is 0 Å². The minimum absolute atomic E-state index is 0.172. The van der Waals surface area contributed by atoms with Crippen molar-refractivity contribution in [3.63, 3.8) is 0 Å². The van der Waals surface area contributed by atoms with E-state index < -0.39 is 0 Å². The molecule has 0 atom stereocenters. The first kappa shape index (κ1) is 15.1. The Morgan fingerprint density at radius 1 is 1.40 bits per heavy atom. The van der Waals surface area contributed by atoms with Crippen LogP contribution in [0.3, 0.4) is 0 Å². The van der Waals surface area contributed by atoms with E-state index in [9.17, 15) is 10.1 Å². The van der Waals surface area contributed by atoms with Gasteiger partial charge in [0.2, 0.25) is 0 Å². The predicted octanol–water partition coefficient (Wildman–Crippen LogP) is 4.21. The lowest BCUT2D eigenvalue weighted by molar-refractivity contribution is -0.384. The van der Waals surface area contributed by atoms with Gasteiger partial charge in [-0.15, -0.1) is 11.6 Å². The molecule has 1 aromatic rings. The van der Waals surface area contributed by atoms with Crippen LogP contribution in [-0.4, -0.2) is 18.0 Å².